The predicted molar refractivity (Wildman–Crippen MR) is 119 cm³/mol. The Balaban J connectivity index is 1.39. The molecule has 1 unspecified atom stereocenters. The van der Waals surface area contributed by atoms with Crippen LogP contribution in [0.25, 0.3) is 0 Å². The van der Waals surface area contributed by atoms with Gasteiger partial charge in [-0.15, -0.1) is 0 Å². The molecule has 2 aromatic carbocycles. The molecule has 0 bridgehead atoms. The van der Waals surface area contributed by atoms with Crippen molar-refractivity contribution in [3.05, 3.63) is 87.7 Å². The van der Waals surface area contributed by atoms with Gasteiger partial charge in [0.05, 0.1) is 36.9 Å². The summed E-state index contributed by atoms with van der Waals surface area (Å²) in [5.74, 6) is -0.126. The van der Waals surface area contributed by atoms with Crippen LogP contribution in [0.5, 0.6) is 0 Å². The number of hydrogen-bond donors (Lipinski definition) is 2. The van der Waals surface area contributed by atoms with E-state index >= 15 is 0 Å². The molecule has 156 valence electrons. The van der Waals surface area contributed by atoms with E-state index in [-0.39, 0.29) is 11.9 Å². The number of nitrogens with zero attached hydrogens (tertiary/aromatic N) is 2. The van der Waals surface area contributed by atoms with Crippen molar-refractivity contribution in [1.29, 1.82) is 0 Å². The number of amides is 1. The van der Waals surface area contributed by atoms with E-state index in [1.165, 1.54) is 16.0 Å². The van der Waals surface area contributed by atoms with Crippen LogP contribution >= 0.6 is 11.6 Å². The van der Waals surface area contributed by atoms with Gasteiger partial charge in [0.15, 0.2) is 0 Å². The second-order valence-electron chi connectivity index (χ2n) is 8.22. The summed E-state index contributed by atoms with van der Waals surface area (Å²) in [6.07, 6.45) is 0.974. The maximum Gasteiger partial charge on any atom is 0.256 e. The molecule has 30 heavy (non-hydrogen) atoms. The van der Waals surface area contributed by atoms with E-state index in [0.717, 1.165) is 31.6 Å². The summed E-state index contributed by atoms with van der Waals surface area (Å²) in [5.41, 5.74) is 4.79. The molecule has 1 aliphatic heterocycles. The third kappa shape index (κ3) is 4.74. The van der Waals surface area contributed by atoms with Gasteiger partial charge in [-0.3, -0.25) is 4.79 Å². The van der Waals surface area contributed by atoms with E-state index in [9.17, 15) is 4.79 Å². The first kappa shape index (κ1) is 20.6. The number of aryl methyl sites for hydroxylation is 2. The van der Waals surface area contributed by atoms with Crippen molar-refractivity contribution in [3.8, 4) is 0 Å². The topological polar surface area (TPSA) is 51.4 Å². The van der Waals surface area contributed by atoms with Crippen molar-refractivity contribution < 1.29 is 9.69 Å². The fourth-order valence-electron chi connectivity index (χ4n) is 4.14. The SMILES string of the molecule is Cc1ccc(Cn2nc(C)c(C(=O)N[C@H]3CC[NH+](Cc4ccccc4)C3)c2Cl)cc1. The van der Waals surface area contributed by atoms with Crippen LogP contribution in [0.1, 0.15) is 39.2 Å². The van der Waals surface area contributed by atoms with Crippen molar-refractivity contribution in [3.63, 3.8) is 0 Å². The van der Waals surface area contributed by atoms with Gasteiger partial charge >= 0.3 is 0 Å². The number of aromatic nitrogens is 2. The Morgan fingerprint density at radius 2 is 1.87 bits per heavy atom. The Morgan fingerprint density at radius 3 is 2.60 bits per heavy atom. The summed E-state index contributed by atoms with van der Waals surface area (Å²) < 4.78 is 1.71. The molecule has 0 aliphatic carbocycles. The number of carbonyl (C=O) groups excluding carboxylic acids is 1. The maximum atomic E-state index is 13.0. The molecule has 1 amide bonds. The highest BCUT2D eigenvalue weighted by atomic mass is 35.5. The minimum atomic E-state index is -0.126. The number of quaternary nitrogens is 1. The zero-order valence-corrected chi connectivity index (χ0v) is 18.2. The lowest BCUT2D eigenvalue weighted by molar-refractivity contribution is -0.901. The van der Waals surface area contributed by atoms with Crippen LogP contribution in [0, 0.1) is 13.8 Å². The third-order valence-corrected chi connectivity index (χ3v) is 6.14. The van der Waals surface area contributed by atoms with Crippen LogP contribution in [0.15, 0.2) is 54.6 Å². The van der Waals surface area contributed by atoms with Crippen molar-refractivity contribution in [1.82, 2.24) is 15.1 Å². The van der Waals surface area contributed by atoms with Gasteiger partial charge in [-0.1, -0.05) is 71.8 Å². The first-order valence-electron chi connectivity index (χ1n) is 10.5. The molecule has 1 aromatic heterocycles. The van der Waals surface area contributed by atoms with Crippen LogP contribution < -0.4 is 10.2 Å². The Bertz CT molecular complexity index is 1010. The van der Waals surface area contributed by atoms with Gasteiger partial charge in [-0.25, -0.2) is 4.68 Å². The molecule has 0 spiro atoms. The van der Waals surface area contributed by atoms with Crippen molar-refractivity contribution in [2.24, 2.45) is 0 Å². The maximum absolute atomic E-state index is 13.0. The van der Waals surface area contributed by atoms with E-state index in [0.29, 0.717) is 23.0 Å². The molecule has 1 fully saturated rings. The highest BCUT2D eigenvalue weighted by molar-refractivity contribution is 6.33. The third-order valence-electron chi connectivity index (χ3n) is 5.76. The van der Waals surface area contributed by atoms with Crippen molar-refractivity contribution in [2.75, 3.05) is 13.1 Å². The Labute approximate surface area is 182 Å². The fraction of sp³-hybridized carbons (Fsp3) is 0.333. The van der Waals surface area contributed by atoms with Gasteiger partial charge < -0.3 is 10.2 Å². The molecule has 0 radical (unpaired) electrons. The zero-order valence-electron chi connectivity index (χ0n) is 17.5. The first-order valence-corrected chi connectivity index (χ1v) is 10.8. The summed E-state index contributed by atoms with van der Waals surface area (Å²) in [6, 6.07) is 18.9. The van der Waals surface area contributed by atoms with Gasteiger partial charge in [0.2, 0.25) is 0 Å². The second kappa shape index (κ2) is 9.02. The highest BCUT2D eigenvalue weighted by Crippen LogP contribution is 2.21. The molecule has 0 saturated carbocycles. The van der Waals surface area contributed by atoms with Gasteiger partial charge in [0.1, 0.15) is 11.7 Å². The zero-order chi connectivity index (χ0) is 21.1. The molecule has 4 rings (SSSR count). The van der Waals surface area contributed by atoms with Crippen LogP contribution in [-0.4, -0.2) is 34.8 Å². The summed E-state index contributed by atoms with van der Waals surface area (Å²) in [6.45, 7) is 7.41. The molecule has 1 aliphatic rings. The Kier molecular flexibility index (Phi) is 6.21. The molecule has 2 atom stereocenters. The lowest BCUT2D eigenvalue weighted by Gasteiger charge is -2.14. The quantitative estimate of drug-likeness (QED) is 0.640. The van der Waals surface area contributed by atoms with E-state index in [1.807, 2.05) is 13.0 Å². The molecular formula is C24H28ClN4O+. The van der Waals surface area contributed by atoms with Crippen molar-refractivity contribution in [2.45, 2.75) is 39.4 Å². The summed E-state index contributed by atoms with van der Waals surface area (Å²) in [4.78, 5) is 14.4. The normalized spacial score (nSPS) is 18.5. The molecule has 5 nitrogen and oxygen atoms in total. The largest absolute Gasteiger partial charge is 0.343 e. The molecule has 2 N–H and O–H groups in total. The van der Waals surface area contributed by atoms with E-state index in [2.05, 4.69) is 65.9 Å². The fourth-order valence-corrected chi connectivity index (χ4v) is 4.46. The first-order chi connectivity index (χ1) is 14.5. The number of benzene rings is 2. The summed E-state index contributed by atoms with van der Waals surface area (Å²) in [7, 11) is 0. The molecular weight excluding hydrogens is 396 g/mol. The molecule has 3 aromatic rings. The van der Waals surface area contributed by atoms with Gasteiger partial charge in [-0.2, -0.15) is 5.10 Å². The standard InChI is InChI=1S/C24H27ClN4O/c1-17-8-10-20(11-9-17)15-29-23(25)22(18(2)27-29)24(30)26-21-12-13-28(16-21)14-19-6-4-3-5-7-19/h3-11,21H,12-16H2,1-2H3,(H,26,30)/p+1/t21-/m0/s1. The monoisotopic (exact) mass is 423 g/mol. The van der Waals surface area contributed by atoms with Crippen LogP contribution in [0.4, 0.5) is 0 Å². The van der Waals surface area contributed by atoms with Gasteiger partial charge in [0.25, 0.3) is 5.91 Å². The van der Waals surface area contributed by atoms with E-state index in [1.54, 1.807) is 4.68 Å². The minimum absolute atomic E-state index is 0.126. The summed E-state index contributed by atoms with van der Waals surface area (Å²) >= 11 is 6.56. The molecule has 2 heterocycles. The Morgan fingerprint density at radius 1 is 1.13 bits per heavy atom. The average molecular weight is 424 g/mol. The number of rotatable bonds is 6. The predicted octanol–water partition coefficient (Wildman–Crippen LogP) is 2.79. The van der Waals surface area contributed by atoms with Crippen LogP contribution in [-0.2, 0) is 13.1 Å². The van der Waals surface area contributed by atoms with Crippen LogP contribution in [0.2, 0.25) is 5.15 Å². The van der Waals surface area contributed by atoms with Gasteiger partial charge in [0, 0.05) is 12.0 Å². The summed E-state index contributed by atoms with van der Waals surface area (Å²) in [5, 5.41) is 8.09. The number of likely N-dealkylation sites (tertiary alicyclic amines) is 1. The number of halogens is 1. The smallest absolute Gasteiger partial charge is 0.256 e. The number of hydrogen-bond acceptors (Lipinski definition) is 2. The molecule has 1 saturated heterocycles. The highest BCUT2D eigenvalue weighted by Gasteiger charge is 2.29. The minimum Gasteiger partial charge on any atom is -0.343 e. The van der Waals surface area contributed by atoms with E-state index < -0.39 is 0 Å². The Hall–Kier alpha value is -2.63. The van der Waals surface area contributed by atoms with Crippen molar-refractivity contribution >= 4 is 17.5 Å². The number of carbonyl (C=O) groups is 1. The number of nitrogens with one attached hydrogen (secondary N) is 2. The second-order valence-corrected chi connectivity index (χ2v) is 8.58. The van der Waals surface area contributed by atoms with Crippen LogP contribution in [0.3, 0.4) is 0 Å². The lowest BCUT2D eigenvalue weighted by Crippen LogP contribution is -3.09. The average Bonchev–Trinajstić information content (AvgIpc) is 3.27. The van der Waals surface area contributed by atoms with Gasteiger partial charge in [-0.05, 0) is 19.4 Å². The van der Waals surface area contributed by atoms with E-state index in [4.69, 9.17) is 11.6 Å². The lowest BCUT2D eigenvalue weighted by atomic mass is 10.1. The molecule has 6 heteroatoms.